The van der Waals surface area contributed by atoms with Crippen molar-refractivity contribution in [1.29, 1.82) is 0 Å². The highest BCUT2D eigenvalue weighted by molar-refractivity contribution is 5.86. The van der Waals surface area contributed by atoms with E-state index in [0.29, 0.717) is 70.2 Å². The Morgan fingerprint density at radius 3 is 1.54 bits per heavy atom. The van der Waals surface area contributed by atoms with Gasteiger partial charge in [0.15, 0.2) is 11.6 Å². The molecule has 0 aromatic carbocycles. The average molecular weight is 895 g/mol. The number of ketones is 4. The monoisotopic (exact) mass is 895 g/mol. The lowest BCUT2D eigenvalue weighted by atomic mass is 9.78. The Bertz CT molecular complexity index is 1250. The zero-order chi connectivity index (χ0) is 46.2. The molecule has 364 valence electrons. The number of carbonyl (C=O) groups is 7. The van der Waals surface area contributed by atoms with E-state index >= 15 is 0 Å². The van der Waals surface area contributed by atoms with Gasteiger partial charge in [0, 0.05) is 57.7 Å². The van der Waals surface area contributed by atoms with Crippen molar-refractivity contribution in [3.63, 3.8) is 0 Å². The summed E-state index contributed by atoms with van der Waals surface area (Å²) in [5.74, 6) is -1.90. The number of amides is 2. The molecule has 0 unspecified atom stereocenters. The van der Waals surface area contributed by atoms with Crippen LogP contribution < -0.4 is 10.6 Å². The average Bonchev–Trinajstić information content (AvgIpc) is 3.25. The number of carboxylic acid groups (broad SMARTS) is 1. The van der Waals surface area contributed by atoms with Gasteiger partial charge in [0.2, 0.25) is 11.8 Å². The van der Waals surface area contributed by atoms with Gasteiger partial charge in [-0.25, -0.2) is 0 Å². The fourth-order valence-corrected chi connectivity index (χ4v) is 7.83. The molecule has 1 aliphatic carbocycles. The van der Waals surface area contributed by atoms with Crippen LogP contribution in [0.2, 0.25) is 0 Å². The summed E-state index contributed by atoms with van der Waals surface area (Å²) in [6.45, 7) is 5.87. The Kier molecular flexibility index (Phi) is 37.2. The van der Waals surface area contributed by atoms with E-state index in [1.807, 2.05) is 0 Å². The van der Waals surface area contributed by atoms with Crippen molar-refractivity contribution in [2.75, 3.05) is 65.9 Å². The number of carbonyl (C=O) groups excluding carboxylic acids is 6. The van der Waals surface area contributed by atoms with Crippen LogP contribution in [-0.4, -0.2) is 112 Å². The molecule has 14 nitrogen and oxygen atoms in total. The Morgan fingerprint density at radius 2 is 1.00 bits per heavy atom. The third-order valence-electron chi connectivity index (χ3n) is 11.7. The topological polar surface area (TPSA) is 201 Å². The Morgan fingerprint density at radius 1 is 0.508 bits per heavy atom. The van der Waals surface area contributed by atoms with Crippen molar-refractivity contribution >= 4 is 40.9 Å². The van der Waals surface area contributed by atoms with Crippen LogP contribution in [0.25, 0.3) is 0 Å². The van der Waals surface area contributed by atoms with E-state index in [4.69, 9.17) is 18.9 Å². The van der Waals surface area contributed by atoms with Gasteiger partial charge >= 0.3 is 5.97 Å². The van der Waals surface area contributed by atoms with E-state index < -0.39 is 11.9 Å². The first kappa shape index (κ1) is 57.9. The number of rotatable bonds is 45. The first-order valence-corrected chi connectivity index (χ1v) is 24.6. The SMILES string of the molecule is CC(=O)CCCCCCCCCCCCCCCCCCC(=O)NCC1CCC(C(=O)C[C@@H](CCC(=O)NCCOCCOCC(=O)CCCOCCOCC(C)=O)C(=O)O)CC1. The maximum absolute atomic E-state index is 13.0. The van der Waals surface area contributed by atoms with Crippen LogP contribution in [0.5, 0.6) is 0 Å². The number of hydrogen-bond donors (Lipinski definition) is 3. The second-order valence-electron chi connectivity index (χ2n) is 17.6. The molecule has 0 radical (unpaired) electrons. The van der Waals surface area contributed by atoms with Crippen LogP contribution in [0, 0.1) is 17.8 Å². The number of carboxylic acids is 1. The Balaban J connectivity index is 2.00. The standard InChI is InChI=1S/C49H86N2O12/c1-40(52)20-17-15-13-11-9-7-5-3-4-6-8-10-12-14-16-18-22-47(56)51-37-42-23-25-43(26-24-42)46(55)36-44(49(58)59)27-28-48(57)50-29-31-61-33-35-63-39-45(54)21-19-30-60-32-34-62-38-41(2)53/h42-44H,3-39H2,1-2H3,(H,50,57)(H,51,56)(H,58,59)/t42?,43?,44-/m1/s1. The molecule has 1 fully saturated rings. The number of Topliss-reactive ketones (excluding diaryl/α,β-unsaturated/α-hetero) is 4. The normalized spacial score (nSPS) is 15.5. The van der Waals surface area contributed by atoms with Crippen molar-refractivity contribution in [2.45, 2.75) is 187 Å². The van der Waals surface area contributed by atoms with Crippen LogP contribution in [0.15, 0.2) is 0 Å². The Labute approximate surface area is 379 Å². The molecule has 1 rings (SSSR count). The van der Waals surface area contributed by atoms with Gasteiger partial charge in [-0.05, 0) is 71.1 Å². The summed E-state index contributed by atoms with van der Waals surface area (Å²) >= 11 is 0. The van der Waals surface area contributed by atoms with Gasteiger partial charge in [0.25, 0.3) is 0 Å². The molecule has 1 atom stereocenters. The molecule has 0 bridgehead atoms. The molecule has 3 N–H and O–H groups in total. The second-order valence-corrected chi connectivity index (χ2v) is 17.6. The molecular formula is C49H86N2O12. The van der Waals surface area contributed by atoms with Crippen molar-refractivity contribution in [3.05, 3.63) is 0 Å². The quantitative estimate of drug-likeness (QED) is 0.0497. The highest BCUT2D eigenvalue weighted by atomic mass is 16.5. The van der Waals surface area contributed by atoms with Gasteiger partial charge in [-0.1, -0.05) is 89.9 Å². The summed E-state index contributed by atoms with van der Waals surface area (Å²) in [5, 5.41) is 15.6. The first-order chi connectivity index (χ1) is 30.5. The molecule has 63 heavy (non-hydrogen) atoms. The lowest BCUT2D eigenvalue weighted by Crippen LogP contribution is -2.33. The number of hydrogen-bond acceptors (Lipinski definition) is 11. The van der Waals surface area contributed by atoms with E-state index in [1.54, 1.807) is 6.92 Å². The lowest BCUT2D eigenvalue weighted by Gasteiger charge is -2.28. The van der Waals surface area contributed by atoms with E-state index in [9.17, 15) is 38.7 Å². The summed E-state index contributed by atoms with van der Waals surface area (Å²) < 4.78 is 21.2. The van der Waals surface area contributed by atoms with Crippen LogP contribution >= 0.6 is 0 Å². The molecule has 1 saturated carbocycles. The predicted octanol–water partition coefficient (Wildman–Crippen LogP) is 8.08. The number of aliphatic carboxylic acids is 1. The van der Waals surface area contributed by atoms with Crippen molar-refractivity contribution in [2.24, 2.45) is 17.8 Å². The molecule has 0 aromatic heterocycles. The Hall–Kier alpha value is -3.07. The van der Waals surface area contributed by atoms with Gasteiger partial charge in [0.05, 0.1) is 39.0 Å². The van der Waals surface area contributed by atoms with Crippen LogP contribution in [0.3, 0.4) is 0 Å². The van der Waals surface area contributed by atoms with Gasteiger partial charge < -0.3 is 39.5 Å². The zero-order valence-electron chi connectivity index (χ0n) is 39.3. The fourth-order valence-electron chi connectivity index (χ4n) is 7.83. The molecule has 0 saturated heterocycles. The van der Waals surface area contributed by atoms with Crippen molar-refractivity contribution in [3.8, 4) is 0 Å². The summed E-state index contributed by atoms with van der Waals surface area (Å²) in [7, 11) is 0. The lowest BCUT2D eigenvalue weighted by molar-refractivity contribution is -0.145. The second kappa shape index (κ2) is 40.4. The molecule has 0 heterocycles. The van der Waals surface area contributed by atoms with E-state index in [0.717, 1.165) is 38.5 Å². The first-order valence-electron chi connectivity index (χ1n) is 24.6. The van der Waals surface area contributed by atoms with Crippen LogP contribution in [-0.2, 0) is 52.5 Å². The van der Waals surface area contributed by atoms with Crippen LogP contribution in [0.4, 0.5) is 0 Å². The molecule has 2 amide bonds. The minimum absolute atomic E-state index is 0.00545. The number of nitrogens with one attached hydrogen (secondary N) is 2. The van der Waals surface area contributed by atoms with Gasteiger partial charge in [-0.2, -0.15) is 0 Å². The molecule has 0 aliphatic heterocycles. The summed E-state index contributed by atoms with van der Waals surface area (Å²) in [6, 6.07) is 0. The fraction of sp³-hybridized carbons (Fsp3) is 0.857. The summed E-state index contributed by atoms with van der Waals surface area (Å²) in [4.78, 5) is 83.4. The van der Waals surface area contributed by atoms with E-state index in [2.05, 4.69) is 10.6 Å². The largest absolute Gasteiger partial charge is 0.481 e. The molecule has 1 aliphatic rings. The maximum atomic E-state index is 13.0. The van der Waals surface area contributed by atoms with Gasteiger partial charge in [-0.15, -0.1) is 0 Å². The minimum atomic E-state index is -1.08. The van der Waals surface area contributed by atoms with E-state index in [-0.39, 0.29) is 93.9 Å². The van der Waals surface area contributed by atoms with Crippen LogP contribution in [0.1, 0.15) is 187 Å². The summed E-state index contributed by atoms with van der Waals surface area (Å²) in [5.41, 5.74) is 0. The maximum Gasteiger partial charge on any atom is 0.306 e. The predicted molar refractivity (Wildman–Crippen MR) is 243 cm³/mol. The van der Waals surface area contributed by atoms with Crippen molar-refractivity contribution in [1.82, 2.24) is 10.6 Å². The van der Waals surface area contributed by atoms with E-state index in [1.165, 1.54) is 90.4 Å². The smallest absolute Gasteiger partial charge is 0.306 e. The van der Waals surface area contributed by atoms with Gasteiger partial charge in [0.1, 0.15) is 24.8 Å². The minimum Gasteiger partial charge on any atom is -0.481 e. The third kappa shape index (κ3) is 36.9. The van der Waals surface area contributed by atoms with Gasteiger partial charge in [-0.3, -0.25) is 28.8 Å². The summed E-state index contributed by atoms with van der Waals surface area (Å²) in [6.07, 6.45) is 25.0. The number of ether oxygens (including phenoxy) is 4. The third-order valence-corrected chi connectivity index (χ3v) is 11.7. The highest BCUT2D eigenvalue weighted by Crippen LogP contribution is 2.31. The molecule has 0 aromatic rings. The highest BCUT2D eigenvalue weighted by Gasteiger charge is 2.30. The molecular weight excluding hydrogens is 809 g/mol. The zero-order valence-corrected chi connectivity index (χ0v) is 39.3. The van der Waals surface area contributed by atoms with Crippen molar-refractivity contribution < 1.29 is 57.6 Å². The molecule has 14 heteroatoms. The molecule has 0 spiro atoms. The number of unbranched alkanes of at least 4 members (excludes halogenated alkanes) is 15.